The standard InChI is InChI=1S/C10H20O2/c1-4-5-6-7-10(11)8-9(2)12-3/h4,9-11H,1,5-8H2,2-3H3. The summed E-state index contributed by atoms with van der Waals surface area (Å²) in [6, 6.07) is 0. The van der Waals surface area contributed by atoms with Gasteiger partial charge in [-0.3, -0.25) is 0 Å². The zero-order chi connectivity index (χ0) is 9.40. The molecule has 0 aromatic heterocycles. The van der Waals surface area contributed by atoms with Crippen molar-refractivity contribution in [1.82, 2.24) is 0 Å². The first-order valence-corrected chi connectivity index (χ1v) is 4.52. The minimum atomic E-state index is -0.222. The van der Waals surface area contributed by atoms with E-state index in [9.17, 15) is 5.11 Å². The Hall–Kier alpha value is -0.340. The zero-order valence-corrected chi connectivity index (χ0v) is 8.12. The average molecular weight is 172 g/mol. The van der Waals surface area contributed by atoms with Crippen LogP contribution in [0.2, 0.25) is 0 Å². The topological polar surface area (TPSA) is 29.5 Å². The number of ether oxygens (including phenoxy) is 1. The summed E-state index contributed by atoms with van der Waals surface area (Å²) in [5, 5.41) is 9.46. The van der Waals surface area contributed by atoms with Gasteiger partial charge < -0.3 is 9.84 Å². The summed E-state index contributed by atoms with van der Waals surface area (Å²) >= 11 is 0. The van der Waals surface area contributed by atoms with Crippen LogP contribution in [0, 0.1) is 0 Å². The van der Waals surface area contributed by atoms with E-state index >= 15 is 0 Å². The highest BCUT2D eigenvalue weighted by molar-refractivity contribution is 4.68. The van der Waals surface area contributed by atoms with Crippen molar-refractivity contribution < 1.29 is 9.84 Å². The molecule has 0 amide bonds. The van der Waals surface area contributed by atoms with Gasteiger partial charge in [0.25, 0.3) is 0 Å². The van der Waals surface area contributed by atoms with E-state index in [1.54, 1.807) is 7.11 Å². The molecule has 72 valence electrons. The molecule has 2 atom stereocenters. The molecule has 2 nitrogen and oxygen atoms in total. The van der Waals surface area contributed by atoms with Crippen LogP contribution in [0.1, 0.15) is 32.6 Å². The lowest BCUT2D eigenvalue weighted by atomic mass is 10.1. The molecule has 0 aliphatic rings. The molecule has 0 radical (unpaired) electrons. The van der Waals surface area contributed by atoms with Gasteiger partial charge in [0.2, 0.25) is 0 Å². The van der Waals surface area contributed by atoms with E-state index in [0.29, 0.717) is 0 Å². The van der Waals surface area contributed by atoms with E-state index in [0.717, 1.165) is 25.7 Å². The van der Waals surface area contributed by atoms with Crippen molar-refractivity contribution in [3.8, 4) is 0 Å². The lowest BCUT2D eigenvalue weighted by Crippen LogP contribution is -2.16. The highest BCUT2D eigenvalue weighted by Crippen LogP contribution is 2.08. The van der Waals surface area contributed by atoms with Gasteiger partial charge in [0.1, 0.15) is 0 Å². The maximum absolute atomic E-state index is 9.46. The minimum Gasteiger partial charge on any atom is -0.393 e. The monoisotopic (exact) mass is 172 g/mol. The molecule has 1 N–H and O–H groups in total. The third-order valence-corrected chi connectivity index (χ3v) is 1.95. The maximum atomic E-state index is 9.46. The predicted octanol–water partition coefficient (Wildman–Crippen LogP) is 2.13. The van der Waals surface area contributed by atoms with Gasteiger partial charge in [0.15, 0.2) is 0 Å². The second-order valence-corrected chi connectivity index (χ2v) is 3.16. The van der Waals surface area contributed by atoms with Crippen molar-refractivity contribution in [2.45, 2.75) is 44.8 Å². The fourth-order valence-electron chi connectivity index (χ4n) is 1.10. The van der Waals surface area contributed by atoms with Gasteiger partial charge in [-0.2, -0.15) is 0 Å². The third kappa shape index (κ3) is 6.38. The average Bonchev–Trinajstić information content (AvgIpc) is 2.05. The molecule has 0 rings (SSSR count). The molecule has 0 aromatic carbocycles. The second kappa shape index (κ2) is 7.32. The Bertz CT molecular complexity index is 112. The van der Waals surface area contributed by atoms with Crippen LogP contribution in [-0.2, 0) is 4.74 Å². The third-order valence-electron chi connectivity index (χ3n) is 1.95. The molecule has 0 aliphatic heterocycles. The summed E-state index contributed by atoms with van der Waals surface area (Å²) in [4.78, 5) is 0. The lowest BCUT2D eigenvalue weighted by Gasteiger charge is -2.14. The number of allylic oxidation sites excluding steroid dienone is 1. The first kappa shape index (κ1) is 11.7. The van der Waals surface area contributed by atoms with Crippen LogP contribution in [0.3, 0.4) is 0 Å². The molecule has 0 aromatic rings. The summed E-state index contributed by atoms with van der Waals surface area (Å²) in [5.74, 6) is 0. The molecular formula is C10H20O2. The molecule has 12 heavy (non-hydrogen) atoms. The molecule has 2 heteroatoms. The van der Waals surface area contributed by atoms with Crippen LogP contribution in [0.5, 0.6) is 0 Å². The Kier molecular flexibility index (Phi) is 7.11. The van der Waals surface area contributed by atoms with E-state index in [4.69, 9.17) is 4.74 Å². The molecular weight excluding hydrogens is 152 g/mol. The van der Waals surface area contributed by atoms with E-state index in [2.05, 4.69) is 6.58 Å². The molecule has 2 unspecified atom stereocenters. The van der Waals surface area contributed by atoms with Crippen molar-refractivity contribution in [2.24, 2.45) is 0 Å². The van der Waals surface area contributed by atoms with Gasteiger partial charge in [0, 0.05) is 7.11 Å². The number of hydrogen-bond acceptors (Lipinski definition) is 2. The van der Waals surface area contributed by atoms with E-state index in [1.165, 1.54) is 0 Å². The van der Waals surface area contributed by atoms with Crippen molar-refractivity contribution in [1.29, 1.82) is 0 Å². The molecule has 0 aliphatic carbocycles. The molecule has 0 bridgehead atoms. The van der Waals surface area contributed by atoms with Crippen molar-refractivity contribution in [2.75, 3.05) is 7.11 Å². The number of hydrogen-bond donors (Lipinski definition) is 1. The Morgan fingerprint density at radius 1 is 1.58 bits per heavy atom. The van der Waals surface area contributed by atoms with E-state index < -0.39 is 0 Å². The normalized spacial score (nSPS) is 15.6. The van der Waals surface area contributed by atoms with Gasteiger partial charge >= 0.3 is 0 Å². The Labute approximate surface area is 75.2 Å². The van der Waals surface area contributed by atoms with Crippen LogP contribution in [0.4, 0.5) is 0 Å². The zero-order valence-electron chi connectivity index (χ0n) is 8.12. The fraction of sp³-hybridized carbons (Fsp3) is 0.800. The van der Waals surface area contributed by atoms with Gasteiger partial charge in [-0.25, -0.2) is 0 Å². The molecule has 0 saturated heterocycles. The summed E-state index contributed by atoms with van der Waals surface area (Å²) in [7, 11) is 1.67. The molecule has 0 spiro atoms. The summed E-state index contributed by atoms with van der Waals surface area (Å²) in [6.07, 6.45) is 5.39. The predicted molar refractivity (Wildman–Crippen MR) is 51.1 cm³/mol. The maximum Gasteiger partial charge on any atom is 0.0567 e. The smallest absolute Gasteiger partial charge is 0.0567 e. The summed E-state index contributed by atoms with van der Waals surface area (Å²) in [5.41, 5.74) is 0. The van der Waals surface area contributed by atoms with E-state index in [-0.39, 0.29) is 12.2 Å². The summed E-state index contributed by atoms with van der Waals surface area (Å²) < 4.78 is 5.05. The first-order chi connectivity index (χ1) is 5.70. The first-order valence-electron chi connectivity index (χ1n) is 4.52. The van der Waals surface area contributed by atoms with Crippen molar-refractivity contribution in [3.63, 3.8) is 0 Å². The van der Waals surface area contributed by atoms with Crippen LogP contribution >= 0.6 is 0 Å². The number of unbranched alkanes of at least 4 members (excludes halogenated alkanes) is 1. The van der Waals surface area contributed by atoms with E-state index in [1.807, 2.05) is 13.0 Å². The number of methoxy groups -OCH3 is 1. The minimum absolute atomic E-state index is 0.156. The quantitative estimate of drug-likeness (QED) is 0.471. The fourth-order valence-corrected chi connectivity index (χ4v) is 1.10. The van der Waals surface area contributed by atoms with Crippen LogP contribution < -0.4 is 0 Å². The number of aliphatic hydroxyl groups excluding tert-OH is 1. The van der Waals surface area contributed by atoms with Gasteiger partial charge in [-0.15, -0.1) is 6.58 Å². The lowest BCUT2D eigenvalue weighted by molar-refractivity contribution is 0.0522. The van der Waals surface area contributed by atoms with Crippen LogP contribution in [-0.4, -0.2) is 24.4 Å². The highest BCUT2D eigenvalue weighted by Gasteiger charge is 2.08. The van der Waals surface area contributed by atoms with Crippen LogP contribution in [0.25, 0.3) is 0 Å². The van der Waals surface area contributed by atoms with Crippen molar-refractivity contribution in [3.05, 3.63) is 12.7 Å². The Morgan fingerprint density at radius 2 is 2.25 bits per heavy atom. The largest absolute Gasteiger partial charge is 0.393 e. The van der Waals surface area contributed by atoms with Crippen LogP contribution in [0.15, 0.2) is 12.7 Å². The number of rotatable bonds is 7. The van der Waals surface area contributed by atoms with Gasteiger partial charge in [-0.1, -0.05) is 6.08 Å². The van der Waals surface area contributed by atoms with Gasteiger partial charge in [0.05, 0.1) is 12.2 Å². The molecule has 0 heterocycles. The van der Waals surface area contributed by atoms with Gasteiger partial charge in [-0.05, 0) is 32.6 Å². The SMILES string of the molecule is C=CCCCC(O)CC(C)OC. The number of aliphatic hydroxyl groups is 1. The molecule has 0 fully saturated rings. The second-order valence-electron chi connectivity index (χ2n) is 3.16. The Balaban J connectivity index is 3.32. The molecule has 0 saturated carbocycles. The summed E-state index contributed by atoms with van der Waals surface area (Å²) in [6.45, 7) is 5.60. The van der Waals surface area contributed by atoms with Crippen molar-refractivity contribution >= 4 is 0 Å². The Morgan fingerprint density at radius 3 is 2.75 bits per heavy atom. The highest BCUT2D eigenvalue weighted by atomic mass is 16.5.